The number of benzene rings is 3. The van der Waals surface area contributed by atoms with Crippen molar-refractivity contribution in [2.75, 3.05) is 32.5 Å². The Morgan fingerprint density at radius 1 is 1.09 bits per heavy atom. The number of nitrogens with zero attached hydrogens (tertiary/aromatic N) is 3. The lowest BCUT2D eigenvalue weighted by atomic mass is 9.96. The molecule has 0 aromatic heterocycles. The van der Waals surface area contributed by atoms with Gasteiger partial charge in [-0.05, 0) is 47.4 Å². The van der Waals surface area contributed by atoms with Crippen molar-refractivity contribution >= 4 is 38.1 Å². The van der Waals surface area contributed by atoms with Gasteiger partial charge in [-0.3, -0.25) is 14.9 Å². The Kier molecular flexibility index (Phi) is 7.04. The number of nitrogens with one attached hydrogen (secondary N) is 1. The Hall–Kier alpha value is -3.50. The van der Waals surface area contributed by atoms with Crippen LogP contribution in [0.15, 0.2) is 65.6 Å². The number of hydrogen-bond donors (Lipinski definition) is 1. The average molecular weight is 497 g/mol. The average Bonchev–Trinajstić information content (AvgIpc) is 2.87. The molecule has 3 aromatic carbocycles. The molecule has 1 aliphatic heterocycles. The molecule has 1 saturated heterocycles. The van der Waals surface area contributed by atoms with E-state index in [1.165, 1.54) is 23.5 Å². The first-order chi connectivity index (χ1) is 16.7. The van der Waals surface area contributed by atoms with E-state index in [-0.39, 0.29) is 41.2 Å². The van der Waals surface area contributed by atoms with Crippen molar-refractivity contribution in [2.24, 2.45) is 5.92 Å². The summed E-state index contributed by atoms with van der Waals surface area (Å²) in [5.41, 5.74) is 0.979. The first-order valence-corrected chi connectivity index (χ1v) is 12.8. The van der Waals surface area contributed by atoms with Crippen molar-refractivity contribution in [3.8, 4) is 0 Å². The van der Waals surface area contributed by atoms with Crippen molar-refractivity contribution in [3.05, 3.63) is 76.3 Å². The second-order valence-corrected chi connectivity index (χ2v) is 10.7. The number of hydrogen-bond acceptors (Lipinski definition) is 6. The van der Waals surface area contributed by atoms with E-state index in [4.69, 9.17) is 0 Å². The van der Waals surface area contributed by atoms with Crippen LogP contribution in [0.3, 0.4) is 0 Å². The minimum absolute atomic E-state index is 0.00998. The van der Waals surface area contributed by atoms with Gasteiger partial charge in [0, 0.05) is 45.7 Å². The van der Waals surface area contributed by atoms with Crippen LogP contribution in [0.4, 0.5) is 11.4 Å². The third kappa shape index (κ3) is 5.13. The minimum Gasteiger partial charge on any atom is -0.383 e. The van der Waals surface area contributed by atoms with E-state index in [9.17, 15) is 23.3 Å². The minimum atomic E-state index is -3.91. The third-order valence-electron chi connectivity index (χ3n) is 6.49. The molecule has 35 heavy (non-hydrogen) atoms. The molecule has 1 fully saturated rings. The van der Waals surface area contributed by atoms with E-state index >= 15 is 0 Å². The molecule has 3 aromatic rings. The summed E-state index contributed by atoms with van der Waals surface area (Å²) < 4.78 is 27.5. The zero-order chi connectivity index (χ0) is 25.2. The molecular formula is C25H28N4O5S. The van der Waals surface area contributed by atoms with Crippen LogP contribution in [0.2, 0.25) is 0 Å². The monoisotopic (exact) mass is 496 g/mol. The van der Waals surface area contributed by atoms with Gasteiger partial charge in [-0.25, -0.2) is 8.42 Å². The second-order valence-electron chi connectivity index (χ2n) is 8.74. The number of sulfonamides is 1. The van der Waals surface area contributed by atoms with Crippen LogP contribution >= 0.6 is 0 Å². The van der Waals surface area contributed by atoms with E-state index in [1.54, 1.807) is 11.9 Å². The van der Waals surface area contributed by atoms with Gasteiger partial charge < -0.3 is 10.2 Å². The Bertz CT molecular complexity index is 1370. The molecule has 0 atom stereocenters. The molecule has 0 bridgehead atoms. The maximum atomic E-state index is 13.1. The molecule has 0 spiro atoms. The summed E-state index contributed by atoms with van der Waals surface area (Å²) in [5.74, 6) is -0.280. The predicted octanol–water partition coefficient (Wildman–Crippen LogP) is 3.85. The van der Waals surface area contributed by atoms with E-state index in [1.807, 2.05) is 36.4 Å². The highest BCUT2D eigenvalue weighted by molar-refractivity contribution is 7.89. The van der Waals surface area contributed by atoms with Crippen molar-refractivity contribution in [1.82, 2.24) is 9.21 Å². The molecule has 1 aliphatic rings. The van der Waals surface area contributed by atoms with Crippen molar-refractivity contribution in [2.45, 2.75) is 24.3 Å². The molecule has 0 aliphatic carbocycles. The largest absolute Gasteiger partial charge is 0.383 e. The molecule has 1 N–H and O–H groups in total. The Morgan fingerprint density at radius 3 is 2.43 bits per heavy atom. The van der Waals surface area contributed by atoms with Crippen LogP contribution in [0, 0.1) is 16.0 Å². The molecule has 184 valence electrons. The summed E-state index contributed by atoms with van der Waals surface area (Å²) in [6.45, 7) is 0.845. The lowest BCUT2D eigenvalue weighted by Gasteiger charge is -2.32. The number of anilines is 1. The molecule has 1 amide bonds. The molecule has 0 radical (unpaired) electrons. The summed E-state index contributed by atoms with van der Waals surface area (Å²) in [7, 11) is -0.602. The van der Waals surface area contributed by atoms with E-state index in [2.05, 4.69) is 11.4 Å². The van der Waals surface area contributed by atoms with Gasteiger partial charge in [-0.2, -0.15) is 4.31 Å². The highest BCUT2D eigenvalue weighted by Crippen LogP contribution is 2.31. The SMILES string of the molecule is CNc1ccc(S(=O)(=O)N2CCC(C(=O)N(C)Cc3ccc4ccccc4c3)CC2)cc1[N+](=O)[O-]. The van der Waals surface area contributed by atoms with Gasteiger partial charge in [0.05, 0.1) is 9.82 Å². The van der Waals surface area contributed by atoms with Crippen molar-refractivity contribution in [3.63, 3.8) is 0 Å². The zero-order valence-corrected chi connectivity index (χ0v) is 20.5. The molecule has 4 rings (SSSR count). The fraction of sp³-hybridized carbons (Fsp3) is 0.320. The van der Waals surface area contributed by atoms with Gasteiger partial charge >= 0.3 is 0 Å². The Labute approximate surface area is 204 Å². The highest BCUT2D eigenvalue weighted by atomic mass is 32.2. The highest BCUT2D eigenvalue weighted by Gasteiger charge is 2.34. The van der Waals surface area contributed by atoms with Crippen molar-refractivity contribution in [1.29, 1.82) is 0 Å². The van der Waals surface area contributed by atoms with Gasteiger partial charge in [0.2, 0.25) is 15.9 Å². The lowest BCUT2D eigenvalue weighted by molar-refractivity contribution is -0.384. The number of carbonyl (C=O) groups excluding carboxylic acids is 1. The Balaban J connectivity index is 1.40. The first kappa shape index (κ1) is 24.6. The first-order valence-electron chi connectivity index (χ1n) is 11.4. The molecule has 0 unspecified atom stereocenters. The predicted molar refractivity (Wildman–Crippen MR) is 135 cm³/mol. The van der Waals surface area contributed by atoms with E-state index < -0.39 is 14.9 Å². The van der Waals surface area contributed by atoms with Gasteiger partial charge in [0.15, 0.2) is 0 Å². The lowest BCUT2D eigenvalue weighted by Crippen LogP contribution is -2.43. The number of nitro groups is 1. The van der Waals surface area contributed by atoms with E-state index in [0.29, 0.717) is 19.4 Å². The van der Waals surface area contributed by atoms with Crippen molar-refractivity contribution < 1.29 is 18.1 Å². The number of rotatable bonds is 7. The van der Waals surface area contributed by atoms with Crippen LogP contribution in [0.25, 0.3) is 10.8 Å². The van der Waals surface area contributed by atoms with Crippen LogP contribution in [-0.2, 0) is 21.4 Å². The summed E-state index contributed by atoms with van der Waals surface area (Å²) >= 11 is 0. The maximum absolute atomic E-state index is 13.1. The summed E-state index contributed by atoms with van der Waals surface area (Å²) in [6.07, 6.45) is 0.799. The van der Waals surface area contributed by atoms with Gasteiger partial charge in [0.25, 0.3) is 5.69 Å². The van der Waals surface area contributed by atoms with Gasteiger partial charge in [-0.15, -0.1) is 0 Å². The van der Waals surface area contributed by atoms with Crippen LogP contribution < -0.4 is 5.32 Å². The van der Waals surface area contributed by atoms with Gasteiger partial charge in [0.1, 0.15) is 5.69 Å². The molecule has 1 heterocycles. The number of carbonyl (C=O) groups is 1. The zero-order valence-electron chi connectivity index (χ0n) is 19.7. The van der Waals surface area contributed by atoms with Crippen LogP contribution in [-0.4, -0.2) is 55.6 Å². The standard InChI is InChI=1S/C25H28N4O5S/c1-26-23-10-9-22(16-24(23)29(31)32)35(33,34)28-13-11-20(12-14-28)25(30)27(2)17-18-7-8-19-5-3-4-6-21(19)15-18/h3-10,15-16,20,26H,11-14,17H2,1-2H3. The third-order valence-corrected chi connectivity index (χ3v) is 8.38. The fourth-order valence-corrected chi connectivity index (χ4v) is 6.02. The van der Waals surface area contributed by atoms with E-state index in [0.717, 1.165) is 22.4 Å². The topological polar surface area (TPSA) is 113 Å². The molecule has 0 saturated carbocycles. The van der Waals surface area contributed by atoms with Crippen LogP contribution in [0.5, 0.6) is 0 Å². The number of amides is 1. The quantitative estimate of drug-likeness (QED) is 0.393. The smallest absolute Gasteiger partial charge is 0.293 e. The number of fused-ring (bicyclic) bond motifs is 1. The molecule has 10 heteroatoms. The maximum Gasteiger partial charge on any atom is 0.293 e. The van der Waals surface area contributed by atoms with Gasteiger partial charge in [-0.1, -0.05) is 36.4 Å². The second kappa shape index (κ2) is 10.0. The fourth-order valence-electron chi connectivity index (χ4n) is 4.53. The molecule has 9 nitrogen and oxygen atoms in total. The summed E-state index contributed by atoms with van der Waals surface area (Å²) in [4.78, 5) is 25.3. The molecular weight excluding hydrogens is 468 g/mol. The Morgan fingerprint density at radius 2 is 1.77 bits per heavy atom. The number of piperidine rings is 1. The summed E-state index contributed by atoms with van der Waals surface area (Å²) in [5, 5.41) is 16.3. The normalized spacial score (nSPS) is 15.1. The number of nitro benzene ring substituents is 1. The summed E-state index contributed by atoms with van der Waals surface area (Å²) in [6, 6.07) is 18.0. The van der Waals surface area contributed by atoms with Crippen LogP contribution in [0.1, 0.15) is 18.4 Å².